The molecule has 0 saturated heterocycles. The highest BCUT2D eigenvalue weighted by Crippen LogP contribution is 2.51. The molecular weight excluding hydrogens is 430 g/mol. The third-order valence-electron chi connectivity index (χ3n) is 5.11. The molecule has 2 atom stereocenters. The second-order valence-electron chi connectivity index (χ2n) is 7.25. The normalized spacial score (nSPS) is 22.4. The van der Waals surface area contributed by atoms with E-state index in [-0.39, 0.29) is 13.2 Å². The zero-order valence-electron chi connectivity index (χ0n) is 18.0. The molecule has 0 radical (unpaired) electrons. The van der Waals surface area contributed by atoms with Crippen LogP contribution in [0.5, 0.6) is 0 Å². The lowest BCUT2D eigenvalue weighted by Crippen LogP contribution is -2.56. The summed E-state index contributed by atoms with van der Waals surface area (Å²) in [6, 6.07) is 11.6. The van der Waals surface area contributed by atoms with Crippen LogP contribution in [0, 0.1) is 17.2 Å². The molecule has 0 aromatic heterocycles. The molecule has 0 saturated carbocycles. The molecule has 1 aromatic carbocycles. The van der Waals surface area contributed by atoms with Gasteiger partial charge in [-0.2, -0.15) is 5.26 Å². The number of carbonyl (C=O) groups excluding carboxylic acids is 2. The summed E-state index contributed by atoms with van der Waals surface area (Å²) in [5.74, 6) is -1.93. The molecule has 0 fully saturated rings. The molecule has 2 heterocycles. The standard InChI is InChI=1S/C23H27N3O5S/c1-29-11-12-30-13-14-31-22(28)23(19(15-24)18-9-10-25-16-20(18)32-23)26-21(27)8-7-17-5-3-2-4-6-17/h2-8,19,25H,9-14,16H2,1H3,(H,26,27). The highest BCUT2D eigenvalue weighted by molar-refractivity contribution is 8.05. The van der Waals surface area contributed by atoms with Crippen molar-refractivity contribution in [2.45, 2.75) is 11.3 Å². The van der Waals surface area contributed by atoms with Crippen LogP contribution in [0.3, 0.4) is 0 Å². The first-order chi connectivity index (χ1) is 15.6. The second kappa shape index (κ2) is 11.8. The molecule has 170 valence electrons. The Morgan fingerprint density at radius 1 is 1.28 bits per heavy atom. The molecule has 8 nitrogen and oxygen atoms in total. The first kappa shape index (κ1) is 24.0. The monoisotopic (exact) mass is 457 g/mol. The Morgan fingerprint density at radius 2 is 2.06 bits per heavy atom. The molecule has 0 bridgehead atoms. The third kappa shape index (κ3) is 5.78. The van der Waals surface area contributed by atoms with Crippen LogP contribution < -0.4 is 10.6 Å². The molecule has 1 amide bonds. The first-order valence-corrected chi connectivity index (χ1v) is 11.2. The zero-order chi connectivity index (χ0) is 22.8. The summed E-state index contributed by atoms with van der Waals surface area (Å²) in [5.41, 5.74) is 1.74. The molecular formula is C23H27N3O5S. The zero-order valence-corrected chi connectivity index (χ0v) is 18.8. The van der Waals surface area contributed by atoms with Crippen LogP contribution in [0.4, 0.5) is 0 Å². The average molecular weight is 458 g/mol. The van der Waals surface area contributed by atoms with E-state index in [1.807, 2.05) is 30.3 Å². The van der Waals surface area contributed by atoms with Gasteiger partial charge in [-0.3, -0.25) is 4.79 Å². The van der Waals surface area contributed by atoms with Crippen LogP contribution in [0.2, 0.25) is 0 Å². The quantitative estimate of drug-likeness (QED) is 0.311. The Bertz CT molecular complexity index is 912. The maximum Gasteiger partial charge on any atom is 0.344 e. The number of thioether (sulfide) groups is 1. The number of rotatable bonds is 10. The number of hydrogen-bond acceptors (Lipinski definition) is 8. The molecule has 2 unspecified atom stereocenters. The van der Waals surface area contributed by atoms with Crippen molar-refractivity contribution in [3.8, 4) is 6.07 Å². The molecule has 2 aliphatic heterocycles. The lowest BCUT2D eigenvalue weighted by molar-refractivity contribution is -0.151. The summed E-state index contributed by atoms with van der Waals surface area (Å²) in [6.07, 6.45) is 3.67. The van der Waals surface area contributed by atoms with Gasteiger partial charge in [0, 0.05) is 24.6 Å². The molecule has 9 heteroatoms. The molecule has 1 aromatic rings. The fraction of sp³-hybridized carbons (Fsp3) is 0.435. The van der Waals surface area contributed by atoms with Crippen LogP contribution in [-0.4, -0.2) is 63.4 Å². The summed E-state index contributed by atoms with van der Waals surface area (Å²) in [6.45, 7) is 2.32. The van der Waals surface area contributed by atoms with Gasteiger partial charge in [0.25, 0.3) is 0 Å². The maximum absolute atomic E-state index is 13.2. The highest BCUT2D eigenvalue weighted by Gasteiger charge is 2.56. The summed E-state index contributed by atoms with van der Waals surface area (Å²) in [4.78, 5) is 25.4. The molecule has 32 heavy (non-hydrogen) atoms. The van der Waals surface area contributed by atoms with Crippen molar-refractivity contribution >= 4 is 29.7 Å². The topological polar surface area (TPSA) is 110 Å². The van der Waals surface area contributed by atoms with Gasteiger partial charge in [0.05, 0.1) is 25.9 Å². The van der Waals surface area contributed by atoms with Crippen molar-refractivity contribution in [2.24, 2.45) is 5.92 Å². The van der Waals surface area contributed by atoms with Crippen molar-refractivity contribution < 1.29 is 23.8 Å². The van der Waals surface area contributed by atoms with Gasteiger partial charge in [0.2, 0.25) is 10.8 Å². The van der Waals surface area contributed by atoms with Crippen molar-refractivity contribution in [1.29, 1.82) is 5.26 Å². The minimum atomic E-state index is -1.53. The summed E-state index contributed by atoms with van der Waals surface area (Å²) >= 11 is 1.20. The fourth-order valence-electron chi connectivity index (χ4n) is 3.57. The second-order valence-corrected chi connectivity index (χ2v) is 8.59. The van der Waals surface area contributed by atoms with Crippen molar-refractivity contribution in [1.82, 2.24) is 10.6 Å². The van der Waals surface area contributed by atoms with Crippen LogP contribution in [0.25, 0.3) is 6.08 Å². The van der Waals surface area contributed by atoms with E-state index in [4.69, 9.17) is 14.2 Å². The van der Waals surface area contributed by atoms with E-state index < -0.39 is 22.7 Å². The summed E-state index contributed by atoms with van der Waals surface area (Å²) < 4.78 is 15.7. The van der Waals surface area contributed by atoms with E-state index in [0.717, 1.165) is 22.6 Å². The van der Waals surface area contributed by atoms with Gasteiger partial charge in [-0.25, -0.2) is 4.79 Å². The van der Waals surface area contributed by atoms with Crippen LogP contribution in [0.15, 0.2) is 46.9 Å². The van der Waals surface area contributed by atoms with E-state index in [1.165, 1.54) is 17.8 Å². The van der Waals surface area contributed by atoms with E-state index in [2.05, 4.69) is 16.7 Å². The largest absolute Gasteiger partial charge is 0.461 e. The van der Waals surface area contributed by atoms with Gasteiger partial charge in [-0.05, 0) is 30.2 Å². The number of methoxy groups -OCH3 is 1. The number of carbonyl (C=O) groups is 2. The van der Waals surface area contributed by atoms with Crippen molar-refractivity contribution in [2.75, 3.05) is 46.6 Å². The lowest BCUT2D eigenvalue weighted by Gasteiger charge is -2.30. The fourth-order valence-corrected chi connectivity index (χ4v) is 5.09. The predicted molar refractivity (Wildman–Crippen MR) is 121 cm³/mol. The maximum atomic E-state index is 13.2. The summed E-state index contributed by atoms with van der Waals surface area (Å²) in [7, 11) is 1.57. The minimum absolute atomic E-state index is 0.0155. The number of esters is 1. The van der Waals surface area contributed by atoms with Crippen molar-refractivity contribution in [3.63, 3.8) is 0 Å². The average Bonchev–Trinajstić information content (AvgIpc) is 3.14. The highest BCUT2D eigenvalue weighted by atomic mass is 32.2. The number of hydrogen-bond donors (Lipinski definition) is 2. The first-order valence-electron chi connectivity index (χ1n) is 10.4. The minimum Gasteiger partial charge on any atom is -0.461 e. The van der Waals surface area contributed by atoms with Crippen LogP contribution in [0.1, 0.15) is 12.0 Å². The van der Waals surface area contributed by atoms with E-state index in [9.17, 15) is 14.9 Å². The van der Waals surface area contributed by atoms with E-state index in [0.29, 0.717) is 26.2 Å². The number of benzene rings is 1. The Balaban J connectivity index is 1.74. The SMILES string of the molecule is COCCOCCOC(=O)C1(NC(=O)C=Cc2ccccc2)SC2=C(CCNC2)C1C#N. The summed E-state index contributed by atoms with van der Waals surface area (Å²) in [5, 5.41) is 16.0. The van der Waals surface area contributed by atoms with Gasteiger partial charge < -0.3 is 24.8 Å². The van der Waals surface area contributed by atoms with Gasteiger partial charge in [-0.15, -0.1) is 0 Å². The molecule has 2 N–H and O–H groups in total. The number of nitriles is 1. The Morgan fingerprint density at radius 3 is 2.81 bits per heavy atom. The number of amides is 1. The van der Waals surface area contributed by atoms with Crippen molar-refractivity contribution in [3.05, 3.63) is 52.4 Å². The number of nitrogens with zero attached hydrogens (tertiary/aromatic N) is 1. The molecule has 0 spiro atoms. The number of nitrogens with one attached hydrogen (secondary N) is 2. The van der Waals surface area contributed by atoms with Gasteiger partial charge in [0.1, 0.15) is 12.5 Å². The Kier molecular flexibility index (Phi) is 8.88. The Labute approximate surface area is 192 Å². The van der Waals surface area contributed by atoms with Gasteiger partial charge in [-0.1, -0.05) is 42.1 Å². The Hall–Kier alpha value is -2.64. The van der Waals surface area contributed by atoms with Gasteiger partial charge >= 0.3 is 5.97 Å². The lowest BCUT2D eigenvalue weighted by atomic mass is 9.88. The molecule has 0 aliphatic carbocycles. The van der Waals surface area contributed by atoms with Crippen LogP contribution in [-0.2, 0) is 23.8 Å². The van der Waals surface area contributed by atoms with E-state index >= 15 is 0 Å². The third-order valence-corrected chi connectivity index (χ3v) is 6.59. The molecule has 2 aliphatic rings. The van der Waals surface area contributed by atoms with E-state index in [1.54, 1.807) is 13.2 Å². The number of ether oxygens (including phenoxy) is 3. The van der Waals surface area contributed by atoms with Crippen LogP contribution >= 0.6 is 11.8 Å². The van der Waals surface area contributed by atoms with Gasteiger partial charge in [0.15, 0.2) is 0 Å². The predicted octanol–water partition coefficient (Wildman–Crippen LogP) is 1.85. The molecule has 3 rings (SSSR count). The smallest absolute Gasteiger partial charge is 0.344 e.